The summed E-state index contributed by atoms with van der Waals surface area (Å²) in [6.07, 6.45) is 1.84. The first-order chi connectivity index (χ1) is 10.2. The van der Waals surface area contributed by atoms with Crippen LogP contribution >= 0.6 is 39.1 Å². The van der Waals surface area contributed by atoms with Crippen LogP contribution in [0.25, 0.3) is 0 Å². The van der Waals surface area contributed by atoms with Gasteiger partial charge in [0.1, 0.15) is 5.75 Å². The molecule has 1 nitrogen and oxygen atoms in total. The summed E-state index contributed by atoms with van der Waals surface area (Å²) in [4.78, 5) is 0. The Balaban J connectivity index is 1.82. The molecule has 1 atom stereocenters. The minimum atomic E-state index is 0.386. The molecule has 0 N–H and O–H groups in total. The molecular formula is C17H17BrCl2O. The van der Waals surface area contributed by atoms with Crippen LogP contribution in [0.15, 0.2) is 53.0 Å². The summed E-state index contributed by atoms with van der Waals surface area (Å²) in [5.74, 6) is 1.88. The van der Waals surface area contributed by atoms with E-state index in [9.17, 15) is 0 Å². The highest BCUT2D eigenvalue weighted by Crippen LogP contribution is 2.20. The highest BCUT2D eigenvalue weighted by molar-refractivity contribution is 9.10. The number of rotatable bonds is 7. The molecule has 0 fully saturated rings. The van der Waals surface area contributed by atoms with Crippen molar-refractivity contribution in [2.24, 2.45) is 5.92 Å². The van der Waals surface area contributed by atoms with Gasteiger partial charge in [0.2, 0.25) is 0 Å². The minimum Gasteiger partial charge on any atom is -0.494 e. The zero-order chi connectivity index (χ0) is 15.1. The molecule has 0 spiro atoms. The Bertz CT molecular complexity index is 574. The van der Waals surface area contributed by atoms with Gasteiger partial charge in [-0.25, -0.2) is 0 Å². The number of hydrogen-bond acceptors (Lipinski definition) is 1. The van der Waals surface area contributed by atoms with Crippen molar-refractivity contribution in [1.29, 1.82) is 0 Å². The molecule has 112 valence electrons. The van der Waals surface area contributed by atoms with E-state index in [2.05, 4.69) is 22.0 Å². The van der Waals surface area contributed by atoms with Crippen molar-refractivity contribution < 1.29 is 4.74 Å². The molecule has 0 radical (unpaired) electrons. The molecule has 2 aromatic rings. The van der Waals surface area contributed by atoms with Gasteiger partial charge in [0.05, 0.1) is 6.61 Å². The first-order valence-corrected chi connectivity index (χ1v) is 8.56. The van der Waals surface area contributed by atoms with E-state index in [0.29, 0.717) is 18.4 Å². The molecule has 0 aromatic heterocycles. The number of alkyl halides is 1. The summed E-state index contributed by atoms with van der Waals surface area (Å²) in [5, 5.41) is 0.770. The van der Waals surface area contributed by atoms with Crippen LogP contribution in [0.2, 0.25) is 5.02 Å². The Labute approximate surface area is 144 Å². The molecular weight excluding hydrogens is 371 g/mol. The van der Waals surface area contributed by atoms with Gasteiger partial charge in [0.15, 0.2) is 0 Å². The first-order valence-electron chi connectivity index (χ1n) is 6.86. The van der Waals surface area contributed by atoms with E-state index in [0.717, 1.165) is 28.1 Å². The van der Waals surface area contributed by atoms with Gasteiger partial charge in [-0.15, -0.1) is 11.6 Å². The van der Waals surface area contributed by atoms with Crippen LogP contribution in [-0.2, 0) is 6.42 Å². The van der Waals surface area contributed by atoms with Crippen LogP contribution < -0.4 is 4.74 Å². The van der Waals surface area contributed by atoms with Crippen LogP contribution in [-0.4, -0.2) is 12.5 Å². The molecule has 1 unspecified atom stereocenters. The van der Waals surface area contributed by atoms with Crippen molar-refractivity contribution in [3.63, 3.8) is 0 Å². The molecule has 21 heavy (non-hydrogen) atoms. The maximum atomic E-state index is 6.07. The molecule has 0 bridgehead atoms. The molecule has 0 saturated carbocycles. The van der Waals surface area contributed by atoms with E-state index in [1.807, 2.05) is 42.5 Å². The van der Waals surface area contributed by atoms with Gasteiger partial charge in [-0.3, -0.25) is 0 Å². The van der Waals surface area contributed by atoms with Crippen molar-refractivity contribution >= 4 is 39.1 Å². The topological polar surface area (TPSA) is 9.23 Å². The lowest BCUT2D eigenvalue weighted by Gasteiger charge is -2.15. The Morgan fingerprint density at radius 2 is 1.90 bits per heavy atom. The highest BCUT2D eigenvalue weighted by atomic mass is 79.9. The Hall–Kier alpha value is -0.700. The van der Waals surface area contributed by atoms with Crippen LogP contribution in [0, 0.1) is 5.92 Å². The molecule has 2 rings (SSSR count). The van der Waals surface area contributed by atoms with Crippen LogP contribution in [0.1, 0.15) is 12.0 Å². The van der Waals surface area contributed by atoms with E-state index in [1.165, 1.54) is 5.56 Å². The third-order valence-corrected chi connectivity index (χ3v) is 4.39. The van der Waals surface area contributed by atoms with E-state index in [-0.39, 0.29) is 0 Å². The summed E-state index contributed by atoms with van der Waals surface area (Å²) in [7, 11) is 0. The number of benzene rings is 2. The van der Waals surface area contributed by atoms with Gasteiger partial charge in [-0.2, -0.15) is 0 Å². The van der Waals surface area contributed by atoms with Crippen molar-refractivity contribution in [1.82, 2.24) is 0 Å². The van der Waals surface area contributed by atoms with E-state index in [1.54, 1.807) is 0 Å². The fraction of sp³-hybridized carbons (Fsp3) is 0.294. The SMILES string of the molecule is ClCC(CCOc1cccc(Br)c1)Cc1cccc(Cl)c1. The minimum absolute atomic E-state index is 0.386. The average Bonchev–Trinajstić information content (AvgIpc) is 2.46. The van der Waals surface area contributed by atoms with E-state index >= 15 is 0 Å². The Kier molecular flexibility index (Phi) is 6.88. The molecule has 2 aromatic carbocycles. The molecule has 0 aliphatic carbocycles. The zero-order valence-corrected chi connectivity index (χ0v) is 14.7. The lowest BCUT2D eigenvalue weighted by atomic mass is 9.98. The van der Waals surface area contributed by atoms with Gasteiger partial charge in [0.25, 0.3) is 0 Å². The smallest absolute Gasteiger partial charge is 0.120 e. The highest BCUT2D eigenvalue weighted by Gasteiger charge is 2.09. The third-order valence-electron chi connectivity index (χ3n) is 3.22. The second-order valence-corrected chi connectivity index (χ2v) is 6.61. The second kappa shape index (κ2) is 8.67. The molecule has 4 heteroatoms. The lowest BCUT2D eigenvalue weighted by molar-refractivity contribution is 0.284. The second-order valence-electron chi connectivity index (χ2n) is 4.95. The number of hydrogen-bond donors (Lipinski definition) is 0. The van der Waals surface area contributed by atoms with Gasteiger partial charge in [-0.1, -0.05) is 45.7 Å². The van der Waals surface area contributed by atoms with E-state index in [4.69, 9.17) is 27.9 Å². The fourth-order valence-corrected chi connectivity index (χ4v) is 2.99. The molecule has 0 amide bonds. The van der Waals surface area contributed by atoms with E-state index < -0.39 is 0 Å². The Morgan fingerprint density at radius 1 is 1.10 bits per heavy atom. The van der Waals surface area contributed by atoms with Crippen LogP contribution in [0.5, 0.6) is 5.75 Å². The van der Waals surface area contributed by atoms with Crippen LogP contribution in [0.4, 0.5) is 0 Å². The van der Waals surface area contributed by atoms with Crippen molar-refractivity contribution in [3.05, 3.63) is 63.6 Å². The van der Waals surface area contributed by atoms with Gasteiger partial charge < -0.3 is 4.74 Å². The largest absolute Gasteiger partial charge is 0.494 e. The standard InChI is InChI=1S/C17H17BrCl2O/c18-15-4-2-6-17(11-15)21-8-7-14(12-19)9-13-3-1-5-16(20)10-13/h1-6,10-11,14H,7-9,12H2. The van der Waals surface area contributed by atoms with Crippen LogP contribution in [0.3, 0.4) is 0 Å². The van der Waals surface area contributed by atoms with Crippen molar-refractivity contribution in [3.8, 4) is 5.75 Å². The predicted molar refractivity (Wildman–Crippen MR) is 93.6 cm³/mol. The third kappa shape index (κ3) is 5.90. The summed E-state index contributed by atoms with van der Waals surface area (Å²) >= 11 is 15.5. The summed E-state index contributed by atoms with van der Waals surface area (Å²) < 4.78 is 6.79. The first kappa shape index (κ1) is 16.7. The van der Waals surface area contributed by atoms with Crippen molar-refractivity contribution in [2.75, 3.05) is 12.5 Å². The maximum Gasteiger partial charge on any atom is 0.120 e. The van der Waals surface area contributed by atoms with Gasteiger partial charge >= 0.3 is 0 Å². The maximum absolute atomic E-state index is 6.07. The molecule has 0 heterocycles. The zero-order valence-electron chi connectivity index (χ0n) is 11.6. The molecule has 0 aliphatic heterocycles. The monoisotopic (exact) mass is 386 g/mol. The van der Waals surface area contributed by atoms with Gasteiger partial charge in [0, 0.05) is 15.4 Å². The van der Waals surface area contributed by atoms with Crippen molar-refractivity contribution in [2.45, 2.75) is 12.8 Å². The average molecular weight is 388 g/mol. The number of ether oxygens (including phenoxy) is 1. The lowest BCUT2D eigenvalue weighted by Crippen LogP contribution is -2.11. The Morgan fingerprint density at radius 3 is 2.62 bits per heavy atom. The number of halogens is 3. The van der Waals surface area contributed by atoms with Gasteiger partial charge in [-0.05, 0) is 54.7 Å². The predicted octanol–water partition coefficient (Wildman–Crippen LogP) is 5.97. The molecule has 0 saturated heterocycles. The summed E-state index contributed by atoms with van der Waals surface area (Å²) in [5.41, 5.74) is 1.22. The molecule has 0 aliphatic rings. The normalized spacial score (nSPS) is 12.1. The summed E-state index contributed by atoms with van der Waals surface area (Å²) in [6, 6.07) is 15.8. The summed E-state index contributed by atoms with van der Waals surface area (Å²) in [6.45, 7) is 0.661. The fourth-order valence-electron chi connectivity index (χ4n) is 2.13. The quantitative estimate of drug-likeness (QED) is 0.531.